The summed E-state index contributed by atoms with van der Waals surface area (Å²) in [6.07, 6.45) is 6.51. The van der Waals surface area contributed by atoms with Crippen molar-refractivity contribution < 1.29 is 28.7 Å². The van der Waals surface area contributed by atoms with E-state index >= 15 is 0 Å². The van der Waals surface area contributed by atoms with Crippen LogP contribution in [0, 0.1) is 11.8 Å². The predicted octanol–water partition coefficient (Wildman–Crippen LogP) is 0.668. The van der Waals surface area contributed by atoms with E-state index in [-0.39, 0.29) is 23.8 Å². The van der Waals surface area contributed by atoms with Crippen LogP contribution in [0.3, 0.4) is 0 Å². The van der Waals surface area contributed by atoms with Crippen molar-refractivity contribution in [2.45, 2.75) is 19.8 Å². The molecule has 0 aromatic heterocycles. The van der Waals surface area contributed by atoms with E-state index in [0.29, 0.717) is 5.57 Å². The van der Waals surface area contributed by atoms with Crippen LogP contribution in [0.5, 0.6) is 0 Å². The fourth-order valence-electron chi connectivity index (χ4n) is 2.02. The number of hydrogen-bond acceptors (Lipinski definition) is 6. The van der Waals surface area contributed by atoms with Crippen LogP contribution >= 0.6 is 0 Å². The van der Waals surface area contributed by atoms with Crippen LogP contribution in [0.1, 0.15) is 19.8 Å². The lowest BCUT2D eigenvalue weighted by Gasteiger charge is -2.12. The first-order chi connectivity index (χ1) is 8.99. The van der Waals surface area contributed by atoms with Gasteiger partial charge in [0, 0.05) is 11.6 Å². The average Bonchev–Trinajstić information content (AvgIpc) is 2.82. The fourth-order valence-corrected chi connectivity index (χ4v) is 2.02. The molecule has 0 N–H and O–H groups in total. The lowest BCUT2D eigenvalue weighted by atomic mass is 9.86. The van der Waals surface area contributed by atoms with Crippen LogP contribution in [0.15, 0.2) is 23.8 Å². The SMILES string of the molecule is CC1=CC(=O)OC1=O.O=C1OC(=O)C2CCC=CC12. The molecule has 0 aromatic carbocycles. The van der Waals surface area contributed by atoms with Gasteiger partial charge in [-0.15, -0.1) is 0 Å². The predicted molar refractivity (Wildman–Crippen MR) is 61.3 cm³/mol. The molecule has 0 radical (unpaired) electrons. The molecule has 3 rings (SSSR count). The summed E-state index contributed by atoms with van der Waals surface area (Å²) in [4.78, 5) is 42.3. The molecule has 100 valence electrons. The molecule has 1 fully saturated rings. The minimum Gasteiger partial charge on any atom is -0.392 e. The molecule has 0 aromatic rings. The topological polar surface area (TPSA) is 86.7 Å². The third kappa shape index (κ3) is 2.78. The van der Waals surface area contributed by atoms with Crippen molar-refractivity contribution in [2.75, 3.05) is 0 Å². The smallest absolute Gasteiger partial charge is 0.341 e. The summed E-state index contributed by atoms with van der Waals surface area (Å²) in [6.45, 7) is 1.53. The normalized spacial score (nSPS) is 28.2. The standard InChI is InChI=1S/C8H8O3.C5H4O3/c9-7-5-3-1-2-4-6(5)8(10)11-7;1-3-2-4(6)8-5(3)7/h1,3,5-6H,2,4H2;2H,1H3. The zero-order valence-corrected chi connectivity index (χ0v) is 10.3. The molecule has 0 amide bonds. The molecule has 2 heterocycles. The summed E-state index contributed by atoms with van der Waals surface area (Å²) in [5, 5.41) is 0. The van der Waals surface area contributed by atoms with E-state index in [0.717, 1.165) is 12.8 Å². The number of allylic oxidation sites excluding steroid dienone is 1. The maximum Gasteiger partial charge on any atom is 0.341 e. The summed E-state index contributed by atoms with van der Waals surface area (Å²) in [7, 11) is 0. The first kappa shape index (κ1) is 13.2. The molecular weight excluding hydrogens is 252 g/mol. The van der Waals surface area contributed by atoms with Crippen molar-refractivity contribution in [3.63, 3.8) is 0 Å². The summed E-state index contributed by atoms with van der Waals surface area (Å²) in [5.74, 6) is -2.29. The molecule has 6 heteroatoms. The highest BCUT2D eigenvalue weighted by Gasteiger charge is 2.43. The largest absolute Gasteiger partial charge is 0.392 e. The maximum absolute atomic E-state index is 10.9. The molecule has 2 atom stereocenters. The molecule has 19 heavy (non-hydrogen) atoms. The first-order valence-corrected chi connectivity index (χ1v) is 5.85. The van der Waals surface area contributed by atoms with Gasteiger partial charge in [-0.3, -0.25) is 9.59 Å². The zero-order valence-electron chi connectivity index (χ0n) is 10.3. The molecule has 0 spiro atoms. The summed E-state index contributed by atoms with van der Waals surface area (Å²) < 4.78 is 8.58. The number of rotatable bonds is 0. The Kier molecular flexibility index (Phi) is 3.59. The summed E-state index contributed by atoms with van der Waals surface area (Å²) in [6, 6.07) is 0. The molecular formula is C13H12O6. The van der Waals surface area contributed by atoms with E-state index in [9.17, 15) is 19.2 Å². The molecule has 1 aliphatic carbocycles. The van der Waals surface area contributed by atoms with E-state index in [1.807, 2.05) is 6.08 Å². The van der Waals surface area contributed by atoms with Crippen LogP contribution in [0.2, 0.25) is 0 Å². The van der Waals surface area contributed by atoms with Crippen molar-refractivity contribution >= 4 is 23.9 Å². The van der Waals surface area contributed by atoms with Crippen LogP contribution < -0.4 is 0 Å². The van der Waals surface area contributed by atoms with E-state index in [4.69, 9.17) is 0 Å². The van der Waals surface area contributed by atoms with Crippen LogP contribution in [0.25, 0.3) is 0 Å². The Labute approximate surface area is 109 Å². The highest BCUT2D eigenvalue weighted by Crippen LogP contribution is 2.32. The molecule has 2 unspecified atom stereocenters. The van der Waals surface area contributed by atoms with Gasteiger partial charge in [-0.25, -0.2) is 9.59 Å². The van der Waals surface area contributed by atoms with Crippen molar-refractivity contribution in [3.8, 4) is 0 Å². The molecule has 2 aliphatic heterocycles. The van der Waals surface area contributed by atoms with Gasteiger partial charge in [0.15, 0.2) is 0 Å². The van der Waals surface area contributed by atoms with E-state index in [1.165, 1.54) is 13.0 Å². The Hall–Kier alpha value is -2.24. The van der Waals surface area contributed by atoms with E-state index in [2.05, 4.69) is 9.47 Å². The summed E-state index contributed by atoms with van der Waals surface area (Å²) >= 11 is 0. The first-order valence-electron chi connectivity index (χ1n) is 5.85. The fraction of sp³-hybridized carbons (Fsp3) is 0.385. The van der Waals surface area contributed by atoms with Gasteiger partial charge in [0.05, 0.1) is 11.8 Å². The van der Waals surface area contributed by atoms with Crippen molar-refractivity contribution in [1.29, 1.82) is 0 Å². The van der Waals surface area contributed by atoms with Gasteiger partial charge < -0.3 is 9.47 Å². The molecule has 6 nitrogen and oxygen atoms in total. The number of carbonyl (C=O) groups is 4. The van der Waals surface area contributed by atoms with Gasteiger partial charge in [-0.1, -0.05) is 12.2 Å². The van der Waals surface area contributed by atoms with E-state index < -0.39 is 11.9 Å². The van der Waals surface area contributed by atoms with Crippen molar-refractivity contribution in [3.05, 3.63) is 23.8 Å². The second kappa shape index (κ2) is 5.17. The minimum atomic E-state index is -0.562. The second-order valence-corrected chi connectivity index (χ2v) is 4.41. The highest BCUT2D eigenvalue weighted by molar-refractivity contribution is 6.08. The highest BCUT2D eigenvalue weighted by atomic mass is 16.6. The number of ether oxygens (including phenoxy) is 2. The molecule has 1 saturated heterocycles. The quantitative estimate of drug-likeness (QED) is 0.363. The van der Waals surface area contributed by atoms with Crippen LogP contribution in [-0.2, 0) is 28.7 Å². The Bertz CT molecular complexity index is 513. The van der Waals surface area contributed by atoms with Gasteiger partial charge in [0.25, 0.3) is 0 Å². The number of fused-ring (bicyclic) bond motifs is 1. The lowest BCUT2D eigenvalue weighted by Crippen LogP contribution is -2.17. The number of esters is 4. The monoisotopic (exact) mass is 264 g/mol. The van der Waals surface area contributed by atoms with Gasteiger partial charge in [0.1, 0.15) is 0 Å². The van der Waals surface area contributed by atoms with E-state index in [1.54, 1.807) is 6.08 Å². The Morgan fingerprint density at radius 1 is 1.11 bits per heavy atom. The Morgan fingerprint density at radius 3 is 2.32 bits per heavy atom. The van der Waals surface area contributed by atoms with Gasteiger partial charge in [-0.2, -0.15) is 0 Å². The van der Waals surface area contributed by atoms with Gasteiger partial charge in [-0.05, 0) is 19.8 Å². The summed E-state index contributed by atoms with van der Waals surface area (Å²) in [5.41, 5.74) is 0.370. The number of carbonyl (C=O) groups excluding carboxylic acids is 4. The van der Waals surface area contributed by atoms with Crippen LogP contribution in [-0.4, -0.2) is 23.9 Å². The third-order valence-electron chi connectivity index (χ3n) is 3.05. The third-order valence-corrected chi connectivity index (χ3v) is 3.05. The average molecular weight is 264 g/mol. The number of hydrogen-bond donors (Lipinski definition) is 0. The Morgan fingerprint density at radius 2 is 1.84 bits per heavy atom. The second-order valence-electron chi connectivity index (χ2n) is 4.41. The molecule has 3 aliphatic rings. The number of cyclic esters (lactones) is 4. The molecule has 0 saturated carbocycles. The minimum absolute atomic E-state index is 0.188. The van der Waals surface area contributed by atoms with Gasteiger partial charge >= 0.3 is 23.9 Å². The Balaban J connectivity index is 0.000000148. The van der Waals surface area contributed by atoms with Crippen molar-refractivity contribution in [2.24, 2.45) is 11.8 Å². The van der Waals surface area contributed by atoms with Crippen molar-refractivity contribution in [1.82, 2.24) is 0 Å². The lowest BCUT2D eigenvalue weighted by molar-refractivity contribution is -0.154. The zero-order chi connectivity index (χ0) is 14.0. The maximum atomic E-state index is 10.9. The van der Waals surface area contributed by atoms with Crippen LogP contribution in [0.4, 0.5) is 0 Å². The van der Waals surface area contributed by atoms with Gasteiger partial charge in [0.2, 0.25) is 0 Å². The molecule has 0 bridgehead atoms.